The van der Waals surface area contributed by atoms with E-state index in [2.05, 4.69) is 5.32 Å². The van der Waals surface area contributed by atoms with Crippen LogP contribution in [0.5, 0.6) is 11.5 Å². The summed E-state index contributed by atoms with van der Waals surface area (Å²) < 4.78 is 10.7. The van der Waals surface area contributed by atoms with Crippen molar-refractivity contribution in [3.05, 3.63) is 77.4 Å². The van der Waals surface area contributed by atoms with Gasteiger partial charge < -0.3 is 19.7 Å². The lowest BCUT2D eigenvalue weighted by atomic mass is 9.95. The van der Waals surface area contributed by atoms with Gasteiger partial charge in [-0.25, -0.2) is 0 Å². The summed E-state index contributed by atoms with van der Waals surface area (Å²) in [6, 6.07) is 18.2. The van der Waals surface area contributed by atoms with Crippen molar-refractivity contribution < 1.29 is 23.9 Å². The minimum absolute atomic E-state index is 0.0425. The molecule has 0 bridgehead atoms. The number of piperidine rings is 1. The summed E-state index contributed by atoms with van der Waals surface area (Å²) in [6.07, 6.45) is 1.16. The second-order valence-electron chi connectivity index (χ2n) is 8.76. The zero-order valence-corrected chi connectivity index (χ0v) is 18.4. The highest BCUT2D eigenvalue weighted by atomic mass is 16.7. The van der Waals surface area contributed by atoms with Crippen LogP contribution in [0.4, 0.5) is 5.69 Å². The van der Waals surface area contributed by atoms with Crippen molar-refractivity contribution >= 4 is 23.3 Å². The van der Waals surface area contributed by atoms with Gasteiger partial charge >= 0.3 is 0 Å². The summed E-state index contributed by atoms with van der Waals surface area (Å²) in [4.78, 5) is 40.5. The highest BCUT2D eigenvalue weighted by molar-refractivity contribution is 6.22. The molecule has 170 valence electrons. The maximum absolute atomic E-state index is 13.1. The highest BCUT2D eigenvalue weighted by Crippen LogP contribution is 2.37. The van der Waals surface area contributed by atoms with E-state index in [9.17, 15) is 14.4 Å². The first-order chi connectivity index (χ1) is 16.6. The number of benzene rings is 3. The van der Waals surface area contributed by atoms with Gasteiger partial charge in [-0.1, -0.05) is 30.3 Å². The number of likely N-dealkylation sites (tertiary alicyclic amines) is 1. The third-order valence-corrected chi connectivity index (χ3v) is 6.77. The standard InChI is InChI=1S/C27H22N2O5/c30-25-21-4-2-1-3-19(21)20-7-5-17(13-22(20)25)27(32)29-11-9-16(10-12-29)26(31)28-18-6-8-23-24(14-18)34-15-33-23/h1-8,13-14,16H,9-12,15H2,(H,28,31). The second kappa shape index (κ2) is 8.02. The first-order valence-electron chi connectivity index (χ1n) is 11.4. The molecule has 0 unspecified atom stereocenters. The van der Waals surface area contributed by atoms with E-state index in [0.29, 0.717) is 59.8 Å². The van der Waals surface area contributed by atoms with Crippen LogP contribution in [0.25, 0.3) is 11.1 Å². The van der Waals surface area contributed by atoms with E-state index in [1.54, 1.807) is 35.2 Å². The predicted molar refractivity (Wildman–Crippen MR) is 125 cm³/mol. The fourth-order valence-corrected chi connectivity index (χ4v) is 4.91. The van der Waals surface area contributed by atoms with Crippen LogP contribution in [-0.2, 0) is 4.79 Å². The molecule has 3 aromatic rings. The number of nitrogens with zero attached hydrogens (tertiary/aromatic N) is 1. The van der Waals surface area contributed by atoms with Crippen LogP contribution >= 0.6 is 0 Å². The Morgan fingerprint density at radius 1 is 0.824 bits per heavy atom. The molecular weight excluding hydrogens is 432 g/mol. The van der Waals surface area contributed by atoms with Gasteiger partial charge in [0.15, 0.2) is 17.3 Å². The van der Waals surface area contributed by atoms with Crippen LogP contribution in [0.2, 0.25) is 0 Å². The molecule has 1 N–H and O–H groups in total. The van der Waals surface area contributed by atoms with Crippen LogP contribution < -0.4 is 14.8 Å². The Labute approximate surface area is 196 Å². The number of rotatable bonds is 3. The van der Waals surface area contributed by atoms with Crippen molar-refractivity contribution in [2.75, 3.05) is 25.2 Å². The SMILES string of the molecule is O=C1c2ccccc2-c2ccc(C(=O)N3CCC(C(=O)Nc4ccc5c(c4)OCO5)CC3)cc21. The highest BCUT2D eigenvalue weighted by Gasteiger charge is 2.31. The number of anilines is 1. The van der Waals surface area contributed by atoms with Gasteiger partial charge in [0.1, 0.15) is 0 Å². The molecule has 0 saturated carbocycles. The largest absolute Gasteiger partial charge is 0.454 e. The molecule has 0 atom stereocenters. The van der Waals surface area contributed by atoms with Gasteiger partial charge in [0.2, 0.25) is 12.7 Å². The van der Waals surface area contributed by atoms with Crippen LogP contribution in [0.3, 0.4) is 0 Å². The van der Waals surface area contributed by atoms with Crippen LogP contribution in [-0.4, -0.2) is 42.4 Å². The number of carbonyl (C=O) groups is 3. The smallest absolute Gasteiger partial charge is 0.253 e. The molecule has 7 nitrogen and oxygen atoms in total. The molecule has 7 heteroatoms. The lowest BCUT2D eigenvalue weighted by molar-refractivity contribution is -0.121. The maximum atomic E-state index is 13.1. The van der Waals surface area contributed by atoms with Crippen LogP contribution in [0.15, 0.2) is 60.7 Å². The van der Waals surface area contributed by atoms with E-state index in [0.717, 1.165) is 11.1 Å². The minimum atomic E-state index is -0.175. The Morgan fingerprint density at radius 2 is 1.56 bits per heavy atom. The van der Waals surface area contributed by atoms with E-state index in [1.165, 1.54) is 0 Å². The Balaban J connectivity index is 1.10. The van der Waals surface area contributed by atoms with Gasteiger partial charge in [-0.2, -0.15) is 0 Å². The molecule has 2 amide bonds. The molecule has 0 radical (unpaired) electrons. The molecule has 0 aromatic heterocycles. The zero-order valence-electron chi connectivity index (χ0n) is 18.4. The predicted octanol–water partition coefficient (Wildman–Crippen LogP) is 4.12. The molecule has 1 fully saturated rings. The molecule has 2 heterocycles. The van der Waals surface area contributed by atoms with Gasteiger partial charge in [-0.15, -0.1) is 0 Å². The lowest BCUT2D eigenvalue weighted by Crippen LogP contribution is -2.41. The van der Waals surface area contributed by atoms with Gasteiger partial charge in [-0.05, 0) is 48.2 Å². The first kappa shape index (κ1) is 20.5. The first-order valence-corrected chi connectivity index (χ1v) is 11.4. The molecule has 3 aliphatic rings. The van der Waals surface area contributed by atoms with Crippen molar-refractivity contribution in [3.8, 4) is 22.6 Å². The Morgan fingerprint density at radius 3 is 2.38 bits per heavy atom. The number of ketones is 1. The maximum Gasteiger partial charge on any atom is 0.253 e. The normalized spacial score (nSPS) is 16.2. The summed E-state index contributed by atoms with van der Waals surface area (Å²) in [7, 11) is 0. The van der Waals surface area contributed by atoms with Crippen molar-refractivity contribution in [1.29, 1.82) is 0 Å². The third kappa shape index (κ3) is 3.41. The van der Waals surface area contributed by atoms with E-state index >= 15 is 0 Å². The molecule has 1 aliphatic carbocycles. The van der Waals surface area contributed by atoms with Gasteiger partial charge in [0.25, 0.3) is 5.91 Å². The fraction of sp³-hybridized carbons (Fsp3) is 0.222. The second-order valence-corrected chi connectivity index (χ2v) is 8.76. The van der Waals surface area contributed by atoms with E-state index in [4.69, 9.17) is 9.47 Å². The molecule has 34 heavy (non-hydrogen) atoms. The lowest BCUT2D eigenvalue weighted by Gasteiger charge is -2.31. The quantitative estimate of drug-likeness (QED) is 0.504. The number of hydrogen-bond donors (Lipinski definition) is 1. The van der Waals surface area contributed by atoms with Crippen molar-refractivity contribution in [3.63, 3.8) is 0 Å². The minimum Gasteiger partial charge on any atom is -0.454 e. The topological polar surface area (TPSA) is 84.9 Å². The van der Waals surface area contributed by atoms with Crippen molar-refractivity contribution in [1.82, 2.24) is 4.90 Å². The number of nitrogens with one attached hydrogen (secondary N) is 1. The van der Waals surface area contributed by atoms with Crippen LogP contribution in [0, 0.1) is 5.92 Å². The average Bonchev–Trinajstić information content (AvgIpc) is 3.46. The number of carbonyl (C=O) groups excluding carboxylic acids is 3. The summed E-state index contributed by atoms with van der Waals surface area (Å²) in [6.45, 7) is 1.16. The number of hydrogen-bond acceptors (Lipinski definition) is 5. The van der Waals surface area contributed by atoms with Gasteiger partial charge in [-0.3, -0.25) is 14.4 Å². The number of amides is 2. The zero-order chi connectivity index (χ0) is 23.2. The van der Waals surface area contributed by atoms with E-state index in [1.807, 2.05) is 30.3 Å². The fourth-order valence-electron chi connectivity index (χ4n) is 4.91. The number of ether oxygens (including phenoxy) is 2. The average molecular weight is 454 g/mol. The van der Waals surface area contributed by atoms with Gasteiger partial charge in [0.05, 0.1) is 0 Å². The monoisotopic (exact) mass is 454 g/mol. The van der Waals surface area contributed by atoms with Crippen molar-refractivity contribution in [2.24, 2.45) is 5.92 Å². The molecule has 6 rings (SSSR count). The van der Waals surface area contributed by atoms with E-state index in [-0.39, 0.29) is 30.3 Å². The Kier molecular flexibility index (Phi) is 4.83. The molecule has 2 aliphatic heterocycles. The number of fused-ring (bicyclic) bond motifs is 4. The van der Waals surface area contributed by atoms with Gasteiger partial charge in [0, 0.05) is 47.5 Å². The Bertz CT molecular complexity index is 1340. The molecular formula is C27H22N2O5. The summed E-state index contributed by atoms with van der Waals surface area (Å²) in [5.74, 6) is 0.897. The molecule has 0 spiro atoms. The van der Waals surface area contributed by atoms with E-state index < -0.39 is 0 Å². The third-order valence-electron chi connectivity index (χ3n) is 6.77. The summed E-state index contributed by atoms with van der Waals surface area (Å²) in [5.41, 5.74) is 4.20. The molecule has 1 saturated heterocycles. The molecule has 3 aromatic carbocycles. The van der Waals surface area contributed by atoms with Crippen LogP contribution in [0.1, 0.15) is 39.1 Å². The summed E-state index contributed by atoms with van der Waals surface area (Å²) >= 11 is 0. The summed E-state index contributed by atoms with van der Waals surface area (Å²) in [5, 5.41) is 2.94. The van der Waals surface area contributed by atoms with Crippen molar-refractivity contribution in [2.45, 2.75) is 12.8 Å². The Hall–Kier alpha value is -4.13.